The Balaban J connectivity index is 1.89. The van der Waals surface area contributed by atoms with Gasteiger partial charge in [0.1, 0.15) is 0 Å². The predicted octanol–water partition coefficient (Wildman–Crippen LogP) is 2.80. The Labute approximate surface area is 136 Å². The van der Waals surface area contributed by atoms with E-state index in [1.54, 1.807) is 19.2 Å². The van der Waals surface area contributed by atoms with Crippen LogP contribution in [0, 0.1) is 0 Å². The first-order chi connectivity index (χ1) is 11.1. The summed E-state index contributed by atoms with van der Waals surface area (Å²) in [4.78, 5) is 12.1. The van der Waals surface area contributed by atoms with Crippen molar-refractivity contribution >= 4 is 11.6 Å². The Morgan fingerprint density at radius 2 is 1.74 bits per heavy atom. The van der Waals surface area contributed by atoms with Crippen molar-refractivity contribution in [1.29, 1.82) is 0 Å². The van der Waals surface area contributed by atoms with Gasteiger partial charge in [0.2, 0.25) is 5.91 Å². The standard InChI is InChI=1S/C18H22N2O3/c1-20(15-7-5-4-6-8-15)19-18(21)12-10-14-9-11-16(22-2)17(13-14)23-3/h4-9,11,13H,10,12H2,1-3H3,(H,19,21). The predicted molar refractivity (Wildman–Crippen MR) is 90.9 cm³/mol. The maximum atomic E-state index is 12.1. The first kappa shape index (κ1) is 16.7. The molecule has 2 aromatic carbocycles. The molecule has 5 nitrogen and oxygen atoms in total. The number of methoxy groups -OCH3 is 2. The van der Waals surface area contributed by atoms with Gasteiger partial charge in [-0.3, -0.25) is 15.2 Å². The van der Waals surface area contributed by atoms with Crippen LogP contribution in [0.5, 0.6) is 11.5 Å². The second-order valence-electron chi connectivity index (χ2n) is 5.12. The minimum absolute atomic E-state index is 0.0360. The average molecular weight is 314 g/mol. The van der Waals surface area contributed by atoms with Crippen LogP contribution in [0.3, 0.4) is 0 Å². The van der Waals surface area contributed by atoms with Crippen molar-refractivity contribution in [2.45, 2.75) is 12.8 Å². The Hall–Kier alpha value is -2.69. The van der Waals surface area contributed by atoms with E-state index in [1.165, 1.54) is 0 Å². The summed E-state index contributed by atoms with van der Waals surface area (Å²) in [6.45, 7) is 0. The number of hydrazine groups is 1. The lowest BCUT2D eigenvalue weighted by Gasteiger charge is -2.20. The molecule has 0 radical (unpaired) electrons. The molecule has 1 N–H and O–H groups in total. The van der Waals surface area contributed by atoms with Gasteiger partial charge in [0, 0.05) is 13.5 Å². The summed E-state index contributed by atoms with van der Waals surface area (Å²) < 4.78 is 10.5. The van der Waals surface area contributed by atoms with E-state index in [-0.39, 0.29) is 5.91 Å². The number of hydrogen-bond acceptors (Lipinski definition) is 4. The van der Waals surface area contributed by atoms with E-state index >= 15 is 0 Å². The van der Waals surface area contributed by atoms with Gasteiger partial charge in [-0.2, -0.15) is 0 Å². The molecule has 5 heteroatoms. The number of rotatable bonds is 7. The van der Waals surface area contributed by atoms with Crippen LogP contribution in [-0.2, 0) is 11.2 Å². The van der Waals surface area contributed by atoms with Gasteiger partial charge in [-0.15, -0.1) is 0 Å². The summed E-state index contributed by atoms with van der Waals surface area (Å²) in [5.74, 6) is 1.32. The van der Waals surface area contributed by atoms with Crippen LogP contribution >= 0.6 is 0 Å². The lowest BCUT2D eigenvalue weighted by molar-refractivity contribution is -0.121. The van der Waals surface area contributed by atoms with Crippen LogP contribution in [0.15, 0.2) is 48.5 Å². The maximum Gasteiger partial charge on any atom is 0.238 e. The maximum absolute atomic E-state index is 12.1. The largest absolute Gasteiger partial charge is 0.493 e. The Morgan fingerprint density at radius 3 is 2.39 bits per heavy atom. The first-order valence-electron chi connectivity index (χ1n) is 7.43. The highest BCUT2D eigenvalue weighted by atomic mass is 16.5. The molecule has 2 aromatic rings. The number of para-hydroxylation sites is 1. The fourth-order valence-corrected chi connectivity index (χ4v) is 2.25. The lowest BCUT2D eigenvalue weighted by atomic mass is 10.1. The van der Waals surface area contributed by atoms with Crippen LogP contribution in [-0.4, -0.2) is 27.2 Å². The fraction of sp³-hybridized carbons (Fsp3) is 0.278. The average Bonchev–Trinajstić information content (AvgIpc) is 2.60. The molecule has 0 heterocycles. The molecule has 122 valence electrons. The van der Waals surface area contributed by atoms with E-state index < -0.39 is 0 Å². The zero-order valence-corrected chi connectivity index (χ0v) is 13.7. The molecule has 0 aliphatic heterocycles. The van der Waals surface area contributed by atoms with E-state index in [2.05, 4.69) is 5.43 Å². The van der Waals surface area contributed by atoms with E-state index in [9.17, 15) is 4.79 Å². The number of amides is 1. The van der Waals surface area contributed by atoms with Crippen molar-refractivity contribution in [3.8, 4) is 11.5 Å². The van der Waals surface area contributed by atoms with Crippen molar-refractivity contribution in [1.82, 2.24) is 5.43 Å². The molecule has 0 saturated carbocycles. The summed E-state index contributed by atoms with van der Waals surface area (Å²) >= 11 is 0. The van der Waals surface area contributed by atoms with E-state index in [0.717, 1.165) is 11.3 Å². The van der Waals surface area contributed by atoms with Crippen LogP contribution < -0.4 is 19.9 Å². The molecule has 0 spiro atoms. The Morgan fingerprint density at radius 1 is 1.04 bits per heavy atom. The molecule has 0 bridgehead atoms. The van der Waals surface area contributed by atoms with E-state index in [4.69, 9.17) is 9.47 Å². The number of nitrogens with one attached hydrogen (secondary N) is 1. The smallest absolute Gasteiger partial charge is 0.238 e. The molecule has 0 aromatic heterocycles. The SMILES string of the molecule is COc1ccc(CCC(=O)NN(C)c2ccccc2)cc1OC. The Bertz CT molecular complexity index is 644. The summed E-state index contributed by atoms with van der Waals surface area (Å²) in [7, 11) is 5.02. The first-order valence-corrected chi connectivity index (χ1v) is 7.43. The molecule has 0 saturated heterocycles. The molecule has 0 aliphatic carbocycles. The number of anilines is 1. The molecular formula is C18H22N2O3. The number of benzene rings is 2. The van der Waals surface area contributed by atoms with Gasteiger partial charge in [-0.1, -0.05) is 24.3 Å². The normalized spacial score (nSPS) is 10.0. The number of carbonyl (C=O) groups excluding carboxylic acids is 1. The highest BCUT2D eigenvalue weighted by Gasteiger charge is 2.08. The lowest BCUT2D eigenvalue weighted by Crippen LogP contribution is -2.39. The zero-order valence-electron chi connectivity index (χ0n) is 13.7. The molecule has 0 atom stereocenters. The van der Waals surface area contributed by atoms with Crippen LogP contribution in [0.1, 0.15) is 12.0 Å². The van der Waals surface area contributed by atoms with Crippen molar-refractivity contribution < 1.29 is 14.3 Å². The molecule has 0 unspecified atom stereocenters. The van der Waals surface area contributed by atoms with Crippen molar-refractivity contribution in [3.63, 3.8) is 0 Å². The molecular weight excluding hydrogens is 292 g/mol. The minimum atomic E-state index is -0.0360. The quantitative estimate of drug-likeness (QED) is 0.799. The van der Waals surface area contributed by atoms with Crippen LogP contribution in [0.2, 0.25) is 0 Å². The van der Waals surface area contributed by atoms with Gasteiger partial charge < -0.3 is 9.47 Å². The summed E-state index contributed by atoms with van der Waals surface area (Å²) in [5.41, 5.74) is 4.82. The third-order valence-corrected chi connectivity index (χ3v) is 3.52. The number of hydrogen-bond donors (Lipinski definition) is 1. The van der Waals surface area contributed by atoms with Gasteiger partial charge in [-0.25, -0.2) is 0 Å². The van der Waals surface area contributed by atoms with Gasteiger partial charge >= 0.3 is 0 Å². The minimum Gasteiger partial charge on any atom is -0.493 e. The third kappa shape index (κ3) is 4.64. The molecule has 23 heavy (non-hydrogen) atoms. The van der Waals surface area contributed by atoms with Gasteiger partial charge in [0.15, 0.2) is 11.5 Å². The van der Waals surface area contributed by atoms with E-state index in [1.807, 2.05) is 55.6 Å². The second kappa shape index (κ2) is 8.08. The summed E-state index contributed by atoms with van der Waals surface area (Å²) in [6.07, 6.45) is 1.03. The van der Waals surface area contributed by atoms with Gasteiger partial charge in [0.05, 0.1) is 19.9 Å². The number of aryl methyl sites for hydroxylation is 1. The van der Waals surface area contributed by atoms with Crippen molar-refractivity contribution in [2.75, 3.05) is 26.3 Å². The number of ether oxygens (including phenoxy) is 2. The summed E-state index contributed by atoms with van der Waals surface area (Å²) in [5, 5.41) is 1.72. The molecule has 2 rings (SSSR count). The highest BCUT2D eigenvalue weighted by Crippen LogP contribution is 2.27. The topological polar surface area (TPSA) is 50.8 Å². The molecule has 0 fully saturated rings. The number of nitrogens with zero attached hydrogens (tertiary/aromatic N) is 1. The summed E-state index contributed by atoms with van der Waals surface area (Å²) in [6, 6.07) is 15.4. The van der Waals surface area contributed by atoms with Gasteiger partial charge in [-0.05, 0) is 36.2 Å². The zero-order chi connectivity index (χ0) is 16.7. The number of carbonyl (C=O) groups is 1. The van der Waals surface area contributed by atoms with Crippen molar-refractivity contribution in [3.05, 3.63) is 54.1 Å². The van der Waals surface area contributed by atoms with Crippen LogP contribution in [0.4, 0.5) is 5.69 Å². The molecule has 0 aliphatic rings. The van der Waals surface area contributed by atoms with Crippen LogP contribution in [0.25, 0.3) is 0 Å². The monoisotopic (exact) mass is 314 g/mol. The Kier molecular flexibility index (Phi) is 5.86. The second-order valence-corrected chi connectivity index (χ2v) is 5.12. The third-order valence-electron chi connectivity index (χ3n) is 3.52. The molecule has 1 amide bonds. The fourth-order valence-electron chi connectivity index (χ4n) is 2.25. The van der Waals surface area contributed by atoms with E-state index in [0.29, 0.717) is 24.3 Å². The van der Waals surface area contributed by atoms with Crippen molar-refractivity contribution in [2.24, 2.45) is 0 Å². The van der Waals surface area contributed by atoms with Gasteiger partial charge in [0.25, 0.3) is 0 Å². The highest BCUT2D eigenvalue weighted by molar-refractivity contribution is 5.78.